The monoisotopic (exact) mass is 349 g/mol. The lowest BCUT2D eigenvalue weighted by atomic mass is 10.1. The minimum absolute atomic E-state index is 0.0932. The summed E-state index contributed by atoms with van der Waals surface area (Å²) in [6.07, 6.45) is 0. The van der Waals surface area contributed by atoms with Crippen molar-refractivity contribution in [3.63, 3.8) is 0 Å². The molecule has 0 spiro atoms. The molecule has 1 aliphatic rings. The average molecular weight is 350 g/mol. The van der Waals surface area contributed by atoms with Gasteiger partial charge in [-0.05, 0) is 6.07 Å². The SMILES string of the molecule is O=C(OCc1ccccc1Cl)c1cc2c(cc1[N+](=O)[O-])OCCO2. The molecule has 0 atom stereocenters. The number of benzene rings is 2. The largest absolute Gasteiger partial charge is 0.486 e. The van der Waals surface area contributed by atoms with Crippen LogP contribution in [0.5, 0.6) is 11.5 Å². The van der Waals surface area contributed by atoms with Crippen molar-refractivity contribution in [1.82, 2.24) is 0 Å². The first kappa shape index (κ1) is 16.1. The number of nitrogens with zero attached hydrogens (tertiary/aromatic N) is 1. The average Bonchev–Trinajstić information content (AvgIpc) is 2.59. The van der Waals surface area contributed by atoms with Crippen molar-refractivity contribution >= 4 is 23.3 Å². The molecule has 2 aromatic carbocycles. The minimum atomic E-state index is -0.835. The molecule has 0 fully saturated rings. The summed E-state index contributed by atoms with van der Waals surface area (Å²) in [6, 6.07) is 9.30. The minimum Gasteiger partial charge on any atom is -0.486 e. The summed E-state index contributed by atoms with van der Waals surface area (Å²) in [4.78, 5) is 22.8. The van der Waals surface area contributed by atoms with Crippen LogP contribution in [0.2, 0.25) is 5.02 Å². The molecular formula is C16H12ClNO6. The number of rotatable bonds is 4. The predicted octanol–water partition coefficient (Wildman–Crippen LogP) is 3.38. The number of esters is 1. The van der Waals surface area contributed by atoms with E-state index < -0.39 is 16.6 Å². The van der Waals surface area contributed by atoms with E-state index in [9.17, 15) is 14.9 Å². The zero-order valence-electron chi connectivity index (χ0n) is 12.4. The van der Waals surface area contributed by atoms with Gasteiger partial charge in [-0.3, -0.25) is 10.1 Å². The van der Waals surface area contributed by atoms with E-state index in [1.54, 1.807) is 24.3 Å². The van der Waals surface area contributed by atoms with E-state index in [4.69, 9.17) is 25.8 Å². The second-order valence-corrected chi connectivity index (χ2v) is 5.34. The van der Waals surface area contributed by atoms with Crippen LogP contribution in [0.15, 0.2) is 36.4 Å². The van der Waals surface area contributed by atoms with Gasteiger partial charge in [0.05, 0.1) is 11.0 Å². The highest BCUT2D eigenvalue weighted by atomic mass is 35.5. The number of nitro groups is 1. The van der Waals surface area contributed by atoms with Crippen LogP contribution in [0.4, 0.5) is 5.69 Å². The molecule has 24 heavy (non-hydrogen) atoms. The maximum atomic E-state index is 12.3. The molecule has 0 saturated heterocycles. The Bertz CT molecular complexity index is 807. The van der Waals surface area contributed by atoms with Crippen molar-refractivity contribution in [3.05, 3.63) is 62.7 Å². The number of halogens is 1. The van der Waals surface area contributed by atoms with E-state index in [1.165, 1.54) is 12.1 Å². The molecule has 0 bridgehead atoms. The van der Waals surface area contributed by atoms with Gasteiger partial charge >= 0.3 is 5.97 Å². The van der Waals surface area contributed by atoms with Crippen LogP contribution in [0, 0.1) is 10.1 Å². The number of nitro benzene ring substituents is 1. The Kier molecular flexibility index (Phi) is 4.52. The Hall–Kier alpha value is -2.80. The lowest BCUT2D eigenvalue weighted by molar-refractivity contribution is -0.385. The summed E-state index contributed by atoms with van der Waals surface area (Å²) < 4.78 is 15.8. The van der Waals surface area contributed by atoms with E-state index in [0.29, 0.717) is 23.8 Å². The summed E-state index contributed by atoms with van der Waals surface area (Å²) in [6.45, 7) is 0.503. The fraction of sp³-hybridized carbons (Fsp3) is 0.188. The Morgan fingerprint density at radius 3 is 2.54 bits per heavy atom. The second-order valence-electron chi connectivity index (χ2n) is 4.94. The van der Waals surface area contributed by atoms with Gasteiger partial charge in [-0.25, -0.2) is 4.79 Å². The normalized spacial score (nSPS) is 12.5. The van der Waals surface area contributed by atoms with E-state index >= 15 is 0 Å². The first-order chi connectivity index (χ1) is 11.6. The van der Waals surface area contributed by atoms with Crippen molar-refractivity contribution in [2.45, 2.75) is 6.61 Å². The number of fused-ring (bicyclic) bond motifs is 1. The highest BCUT2D eigenvalue weighted by molar-refractivity contribution is 6.31. The number of ether oxygens (including phenoxy) is 3. The van der Waals surface area contributed by atoms with Gasteiger partial charge < -0.3 is 14.2 Å². The maximum absolute atomic E-state index is 12.3. The third-order valence-corrected chi connectivity index (χ3v) is 3.76. The highest BCUT2D eigenvalue weighted by Gasteiger charge is 2.27. The van der Waals surface area contributed by atoms with Crippen molar-refractivity contribution in [2.75, 3.05) is 13.2 Å². The molecule has 0 amide bonds. The van der Waals surface area contributed by atoms with Crippen LogP contribution in [-0.2, 0) is 11.3 Å². The molecule has 3 rings (SSSR count). The van der Waals surface area contributed by atoms with Crippen LogP contribution in [0.3, 0.4) is 0 Å². The summed E-state index contributed by atoms with van der Waals surface area (Å²) in [7, 11) is 0. The van der Waals surface area contributed by atoms with Gasteiger partial charge in [0.1, 0.15) is 25.4 Å². The summed E-state index contributed by atoms with van der Waals surface area (Å²) >= 11 is 5.99. The third kappa shape index (κ3) is 3.26. The topological polar surface area (TPSA) is 87.9 Å². The predicted molar refractivity (Wildman–Crippen MR) is 84.7 cm³/mol. The molecule has 0 radical (unpaired) electrons. The molecule has 124 valence electrons. The summed E-state index contributed by atoms with van der Waals surface area (Å²) in [5, 5.41) is 11.7. The molecule has 8 heteroatoms. The van der Waals surface area contributed by atoms with Gasteiger partial charge in [0.15, 0.2) is 11.5 Å². The van der Waals surface area contributed by atoms with Crippen LogP contribution in [0.1, 0.15) is 15.9 Å². The zero-order valence-corrected chi connectivity index (χ0v) is 13.1. The Morgan fingerprint density at radius 1 is 1.21 bits per heavy atom. The number of hydrogen-bond acceptors (Lipinski definition) is 6. The molecule has 7 nitrogen and oxygen atoms in total. The van der Waals surface area contributed by atoms with Crippen molar-refractivity contribution in [1.29, 1.82) is 0 Å². The molecule has 0 saturated carbocycles. The highest BCUT2D eigenvalue weighted by Crippen LogP contribution is 2.37. The van der Waals surface area contributed by atoms with Crippen molar-refractivity contribution in [3.8, 4) is 11.5 Å². The van der Waals surface area contributed by atoms with Crippen LogP contribution in [-0.4, -0.2) is 24.1 Å². The van der Waals surface area contributed by atoms with Crippen LogP contribution < -0.4 is 9.47 Å². The fourth-order valence-electron chi connectivity index (χ4n) is 2.23. The molecule has 0 N–H and O–H groups in total. The van der Waals surface area contributed by atoms with Crippen LogP contribution in [0.25, 0.3) is 0 Å². The van der Waals surface area contributed by atoms with Gasteiger partial charge in [-0.2, -0.15) is 0 Å². The van der Waals surface area contributed by atoms with E-state index in [-0.39, 0.29) is 23.7 Å². The molecular weight excluding hydrogens is 338 g/mol. The zero-order chi connectivity index (χ0) is 17.1. The van der Waals surface area contributed by atoms with Gasteiger partial charge in [-0.15, -0.1) is 0 Å². The van der Waals surface area contributed by atoms with Gasteiger partial charge in [0.25, 0.3) is 5.69 Å². The van der Waals surface area contributed by atoms with Gasteiger partial charge in [0.2, 0.25) is 0 Å². The Morgan fingerprint density at radius 2 is 1.88 bits per heavy atom. The summed E-state index contributed by atoms with van der Waals surface area (Å²) in [5.74, 6) is -0.328. The first-order valence-electron chi connectivity index (χ1n) is 7.05. The molecule has 0 unspecified atom stereocenters. The van der Waals surface area contributed by atoms with Gasteiger partial charge in [0, 0.05) is 16.7 Å². The molecule has 0 aliphatic carbocycles. The molecule has 2 aromatic rings. The molecule has 1 heterocycles. The van der Waals surface area contributed by atoms with Crippen molar-refractivity contribution in [2.24, 2.45) is 0 Å². The quantitative estimate of drug-likeness (QED) is 0.477. The lowest BCUT2D eigenvalue weighted by Gasteiger charge is -2.18. The van der Waals surface area contributed by atoms with E-state index in [1.807, 2.05) is 0 Å². The standard InChI is InChI=1S/C16H12ClNO6/c17-12-4-2-1-3-10(12)9-24-16(19)11-7-14-15(23-6-5-22-14)8-13(11)18(20)21/h1-4,7-8H,5-6,9H2. The Balaban J connectivity index is 1.86. The number of hydrogen-bond donors (Lipinski definition) is 0. The number of carbonyl (C=O) groups excluding carboxylic acids is 1. The van der Waals surface area contributed by atoms with E-state index in [0.717, 1.165) is 0 Å². The lowest BCUT2D eigenvalue weighted by Crippen LogP contribution is -2.17. The first-order valence-corrected chi connectivity index (χ1v) is 7.42. The fourth-order valence-corrected chi connectivity index (χ4v) is 2.42. The molecule has 0 aromatic heterocycles. The molecule has 1 aliphatic heterocycles. The van der Waals surface area contributed by atoms with E-state index in [2.05, 4.69) is 0 Å². The van der Waals surface area contributed by atoms with Crippen molar-refractivity contribution < 1.29 is 23.9 Å². The summed E-state index contributed by atoms with van der Waals surface area (Å²) in [5.41, 5.74) is 0.00688. The Labute approximate surface area is 141 Å². The second kappa shape index (κ2) is 6.76. The maximum Gasteiger partial charge on any atom is 0.345 e. The third-order valence-electron chi connectivity index (χ3n) is 3.39. The van der Waals surface area contributed by atoms with Crippen LogP contribution >= 0.6 is 11.6 Å². The van der Waals surface area contributed by atoms with Gasteiger partial charge in [-0.1, -0.05) is 29.8 Å². The number of carbonyl (C=O) groups is 1. The smallest absolute Gasteiger partial charge is 0.345 e.